The van der Waals surface area contributed by atoms with Crippen LogP contribution in [0.4, 0.5) is 5.69 Å². The highest BCUT2D eigenvalue weighted by Gasteiger charge is 2.11. The summed E-state index contributed by atoms with van der Waals surface area (Å²) in [6.07, 6.45) is 0. The fraction of sp³-hybridized carbons (Fsp3) is 0.0769. The molecule has 0 bridgehead atoms. The minimum Gasteiger partial charge on any atom is -0.456 e. The molecular formula is C13H10ClNO4. The summed E-state index contributed by atoms with van der Waals surface area (Å²) in [4.78, 5) is 10.2. The lowest BCUT2D eigenvalue weighted by Crippen LogP contribution is -1.91. The van der Waals surface area contributed by atoms with Gasteiger partial charge in [0.15, 0.2) is 5.75 Å². The normalized spacial score (nSPS) is 10.2. The van der Waals surface area contributed by atoms with Crippen molar-refractivity contribution in [2.24, 2.45) is 0 Å². The molecule has 0 atom stereocenters. The van der Waals surface area contributed by atoms with Gasteiger partial charge in [0.1, 0.15) is 5.75 Å². The van der Waals surface area contributed by atoms with Gasteiger partial charge in [-0.05, 0) is 23.8 Å². The number of aliphatic hydroxyl groups excluding tert-OH is 1. The van der Waals surface area contributed by atoms with E-state index in [0.29, 0.717) is 5.75 Å². The zero-order valence-corrected chi connectivity index (χ0v) is 10.5. The van der Waals surface area contributed by atoms with Gasteiger partial charge in [-0.3, -0.25) is 10.1 Å². The molecule has 0 fully saturated rings. The summed E-state index contributed by atoms with van der Waals surface area (Å²) in [5, 5.41) is 19.9. The van der Waals surface area contributed by atoms with Crippen LogP contribution in [0.5, 0.6) is 11.5 Å². The second-order valence-corrected chi connectivity index (χ2v) is 4.18. The van der Waals surface area contributed by atoms with E-state index in [0.717, 1.165) is 5.56 Å². The van der Waals surface area contributed by atoms with Crippen molar-refractivity contribution in [1.29, 1.82) is 0 Å². The molecule has 0 radical (unpaired) electrons. The predicted molar refractivity (Wildman–Crippen MR) is 70.5 cm³/mol. The number of non-ortho nitro benzene ring substituents is 1. The molecule has 2 rings (SSSR count). The summed E-state index contributed by atoms with van der Waals surface area (Å²) in [5.41, 5.74) is 0.656. The maximum atomic E-state index is 10.7. The van der Waals surface area contributed by atoms with Gasteiger partial charge in [-0.15, -0.1) is 0 Å². The van der Waals surface area contributed by atoms with Gasteiger partial charge in [0, 0.05) is 6.07 Å². The third-order valence-corrected chi connectivity index (χ3v) is 2.77. The van der Waals surface area contributed by atoms with E-state index >= 15 is 0 Å². The molecule has 6 heteroatoms. The highest BCUT2D eigenvalue weighted by atomic mass is 35.5. The number of rotatable bonds is 4. The molecule has 0 aliphatic heterocycles. The highest BCUT2D eigenvalue weighted by Crippen LogP contribution is 2.32. The molecule has 0 spiro atoms. The highest BCUT2D eigenvalue weighted by molar-refractivity contribution is 6.32. The van der Waals surface area contributed by atoms with E-state index in [9.17, 15) is 10.1 Å². The molecule has 0 unspecified atom stereocenters. The van der Waals surface area contributed by atoms with Crippen LogP contribution in [-0.2, 0) is 6.61 Å². The number of ether oxygens (including phenoxy) is 1. The zero-order valence-electron chi connectivity index (χ0n) is 9.75. The lowest BCUT2D eigenvalue weighted by atomic mass is 10.2. The molecule has 0 amide bonds. The van der Waals surface area contributed by atoms with Gasteiger partial charge >= 0.3 is 0 Å². The number of hydrogen-bond acceptors (Lipinski definition) is 4. The van der Waals surface area contributed by atoms with Crippen LogP contribution in [0.2, 0.25) is 5.02 Å². The first kappa shape index (κ1) is 13.3. The molecule has 2 aromatic carbocycles. The number of nitro groups is 1. The van der Waals surface area contributed by atoms with E-state index in [4.69, 9.17) is 21.4 Å². The van der Waals surface area contributed by atoms with Gasteiger partial charge in [-0.25, -0.2) is 0 Å². The van der Waals surface area contributed by atoms with Crippen molar-refractivity contribution < 1.29 is 14.8 Å². The Morgan fingerprint density at radius 2 is 1.89 bits per heavy atom. The van der Waals surface area contributed by atoms with E-state index in [1.807, 2.05) is 0 Å². The van der Waals surface area contributed by atoms with Crippen LogP contribution < -0.4 is 4.74 Å². The Hall–Kier alpha value is -2.11. The Balaban J connectivity index is 2.26. The predicted octanol–water partition coefficient (Wildman–Crippen LogP) is 3.53. The number of hydrogen-bond donors (Lipinski definition) is 1. The largest absolute Gasteiger partial charge is 0.456 e. The third kappa shape index (κ3) is 3.21. The summed E-state index contributed by atoms with van der Waals surface area (Å²) < 4.78 is 5.48. The van der Waals surface area contributed by atoms with Crippen molar-refractivity contribution in [3.63, 3.8) is 0 Å². The molecule has 2 aromatic rings. The summed E-state index contributed by atoms with van der Waals surface area (Å²) in [7, 11) is 0. The fourth-order valence-electron chi connectivity index (χ4n) is 1.47. The molecule has 0 aromatic heterocycles. The quantitative estimate of drug-likeness (QED) is 0.686. The van der Waals surface area contributed by atoms with Crippen LogP contribution in [0, 0.1) is 10.1 Å². The fourth-order valence-corrected chi connectivity index (χ4v) is 1.63. The van der Waals surface area contributed by atoms with Crippen molar-refractivity contribution >= 4 is 17.3 Å². The summed E-state index contributed by atoms with van der Waals surface area (Å²) in [5.74, 6) is 0.701. The molecule has 0 saturated carbocycles. The summed E-state index contributed by atoms with van der Waals surface area (Å²) in [6.45, 7) is -0.0577. The van der Waals surface area contributed by atoms with E-state index in [1.165, 1.54) is 18.2 Å². The van der Waals surface area contributed by atoms with Crippen molar-refractivity contribution in [3.8, 4) is 11.5 Å². The molecule has 0 aliphatic rings. The van der Waals surface area contributed by atoms with Crippen molar-refractivity contribution in [2.75, 3.05) is 0 Å². The van der Waals surface area contributed by atoms with Crippen LogP contribution in [-0.4, -0.2) is 10.0 Å². The third-order valence-electron chi connectivity index (χ3n) is 2.46. The minimum absolute atomic E-state index is 0.0577. The second kappa shape index (κ2) is 5.69. The van der Waals surface area contributed by atoms with Gasteiger partial charge < -0.3 is 9.84 Å². The number of benzene rings is 2. The van der Waals surface area contributed by atoms with E-state index in [-0.39, 0.29) is 23.1 Å². The average molecular weight is 280 g/mol. The Morgan fingerprint density at radius 1 is 1.21 bits per heavy atom. The van der Waals surface area contributed by atoms with Gasteiger partial charge in [-0.1, -0.05) is 23.7 Å². The second-order valence-electron chi connectivity index (χ2n) is 3.78. The van der Waals surface area contributed by atoms with Crippen LogP contribution in [0.15, 0.2) is 42.5 Å². The molecule has 0 heterocycles. The zero-order chi connectivity index (χ0) is 13.8. The molecule has 0 aliphatic carbocycles. The monoisotopic (exact) mass is 279 g/mol. The number of halogens is 1. The van der Waals surface area contributed by atoms with Gasteiger partial charge in [0.05, 0.1) is 22.6 Å². The standard InChI is InChI=1S/C13H10ClNO4/c14-12-6-3-10(15(17)18)7-13(12)19-11-4-1-9(8-16)2-5-11/h1-7,16H,8H2. The topological polar surface area (TPSA) is 72.6 Å². The summed E-state index contributed by atoms with van der Waals surface area (Å²) in [6, 6.07) is 10.7. The Labute approximate surface area is 114 Å². The number of nitrogens with zero attached hydrogens (tertiary/aromatic N) is 1. The first-order chi connectivity index (χ1) is 9.10. The van der Waals surface area contributed by atoms with Crippen molar-refractivity contribution in [1.82, 2.24) is 0 Å². The minimum atomic E-state index is -0.516. The lowest BCUT2D eigenvalue weighted by molar-refractivity contribution is -0.384. The van der Waals surface area contributed by atoms with Crippen molar-refractivity contribution in [2.45, 2.75) is 6.61 Å². The van der Waals surface area contributed by atoms with Gasteiger partial charge in [-0.2, -0.15) is 0 Å². The van der Waals surface area contributed by atoms with Gasteiger partial charge in [0.25, 0.3) is 5.69 Å². The molecular weight excluding hydrogens is 270 g/mol. The first-order valence-electron chi connectivity index (χ1n) is 5.42. The van der Waals surface area contributed by atoms with Gasteiger partial charge in [0.2, 0.25) is 0 Å². The summed E-state index contributed by atoms with van der Waals surface area (Å²) >= 11 is 5.92. The van der Waals surface area contributed by atoms with E-state index in [2.05, 4.69) is 0 Å². The van der Waals surface area contributed by atoms with Crippen LogP contribution in [0.3, 0.4) is 0 Å². The SMILES string of the molecule is O=[N+]([O-])c1ccc(Cl)c(Oc2ccc(CO)cc2)c1. The Morgan fingerprint density at radius 3 is 2.47 bits per heavy atom. The lowest BCUT2D eigenvalue weighted by Gasteiger charge is -2.07. The smallest absolute Gasteiger partial charge is 0.273 e. The maximum Gasteiger partial charge on any atom is 0.273 e. The number of nitro benzene ring substituents is 1. The van der Waals surface area contributed by atoms with Crippen LogP contribution in [0.25, 0.3) is 0 Å². The Kier molecular flexibility index (Phi) is 3.99. The molecule has 19 heavy (non-hydrogen) atoms. The average Bonchev–Trinajstić information content (AvgIpc) is 2.42. The molecule has 0 saturated heterocycles. The molecule has 1 N–H and O–H groups in total. The molecule has 98 valence electrons. The van der Waals surface area contributed by atoms with Crippen LogP contribution in [0.1, 0.15) is 5.56 Å². The van der Waals surface area contributed by atoms with E-state index in [1.54, 1.807) is 24.3 Å². The number of aliphatic hydroxyl groups is 1. The van der Waals surface area contributed by atoms with Crippen molar-refractivity contribution in [3.05, 3.63) is 63.2 Å². The maximum absolute atomic E-state index is 10.7. The first-order valence-corrected chi connectivity index (χ1v) is 5.79. The molecule has 5 nitrogen and oxygen atoms in total. The van der Waals surface area contributed by atoms with E-state index < -0.39 is 4.92 Å². The van der Waals surface area contributed by atoms with Crippen LogP contribution >= 0.6 is 11.6 Å². The Bertz CT molecular complexity index is 598.